The molecule has 0 bridgehead atoms. The van der Waals surface area contributed by atoms with Gasteiger partial charge in [-0.15, -0.1) is 11.3 Å². The molecule has 0 atom stereocenters. The van der Waals surface area contributed by atoms with Gasteiger partial charge in [0, 0.05) is 31.4 Å². The molecular weight excluding hydrogens is 282 g/mol. The van der Waals surface area contributed by atoms with Crippen LogP contribution in [0.1, 0.15) is 23.5 Å². The van der Waals surface area contributed by atoms with Crippen LogP contribution in [0.5, 0.6) is 0 Å². The highest BCUT2D eigenvalue weighted by molar-refractivity contribution is 7.09. The van der Waals surface area contributed by atoms with Crippen LogP contribution >= 0.6 is 11.3 Å². The van der Waals surface area contributed by atoms with Crippen LogP contribution in [-0.4, -0.2) is 40.8 Å². The molecule has 2 heterocycles. The Hall–Kier alpha value is -1.67. The standard InChI is InChI=1S/C12H17N3O4S/c1-8-14-9(7-20-8)6-13-11(18)15-12(10(16)17)2-4-19-5-3-12/h7H,2-6H2,1H3,(H,16,17)(H2,13,15,18). The maximum atomic E-state index is 11.9. The second-order valence-electron chi connectivity index (χ2n) is 4.67. The number of nitrogens with one attached hydrogen (secondary N) is 2. The van der Waals surface area contributed by atoms with E-state index in [1.165, 1.54) is 11.3 Å². The van der Waals surface area contributed by atoms with Crippen molar-refractivity contribution in [2.24, 2.45) is 0 Å². The van der Waals surface area contributed by atoms with Crippen molar-refractivity contribution in [2.75, 3.05) is 13.2 Å². The Bertz CT molecular complexity index is 497. The fourth-order valence-electron chi connectivity index (χ4n) is 2.03. The normalized spacial score (nSPS) is 17.4. The van der Waals surface area contributed by atoms with Gasteiger partial charge in [-0.2, -0.15) is 0 Å². The minimum Gasteiger partial charge on any atom is -0.480 e. The molecule has 1 fully saturated rings. The van der Waals surface area contributed by atoms with Gasteiger partial charge in [0.1, 0.15) is 5.54 Å². The number of aryl methyl sites for hydroxylation is 1. The summed E-state index contributed by atoms with van der Waals surface area (Å²) >= 11 is 1.50. The zero-order valence-electron chi connectivity index (χ0n) is 11.1. The number of rotatable bonds is 4. The van der Waals surface area contributed by atoms with Crippen molar-refractivity contribution in [3.63, 3.8) is 0 Å². The number of aliphatic carboxylic acids is 1. The SMILES string of the molecule is Cc1nc(CNC(=O)NC2(C(=O)O)CCOCC2)cs1. The molecule has 0 unspecified atom stereocenters. The van der Waals surface area contributed by atoms with Crippen LogP contribution < -0.4 is 10.6 Å². The Kier molecular flexibility index (Phi) is 4.56. The highest BCUT2D eigenvalue weighted by atomic mass is 32.1. The summed E-state index contributed by atoms with van der Waals surface area (Å²) in [5.74, 6) is -1.03. The molecule has 0 spiro atoms. The van der Waals surface area contributed by atoms with Gasteiger partial charge in [0.25, 0.3) is 0 Å². The first-order chi connectivity index (χ1) is 9.52. The van der Waals surface area contributed by atoms with Crippen LogP contribution in [0.25, 0.3) is 0 Å². The lowest BCUT2D eigenvalue weighted by atomic mass is 9.90. The Morgan fingerprint density at radius 3 is 2.75 bits per heavy atom. The lowest BCUT2D eigenvalue weighted by Gasteiger charge is -2.33. The molecule has 1 aliphatic heterocycles. The molecule has 0 aromatic carbocycles. The average molecular weight is 299 g/mol. The number of urea groups is 1. The average Bonchev–Trinajstić information content (AvgIpc) is 2.83. The van der Waals surface area contributed by atoms with E-state index in [1.54, 1.807) is 0 Å². The van der Waals surface area contributed by atoms with Gasteiger partial charge >= 0.3 is 12.0 Å². The Labute approximate surface area is 120 Å². The molecule has 3 N–H and O–H groups in total. The van der Waals surface area contributed by atoms with Crippen LogP contribution in [0.3, 0.4) is 0 Å². The van der Waals surface area contributed by atoms with Gasteiger partial charge in [-0.1, -0.05) is 0 Å². The first-order valence-corrected chi connectivity index (χ1v) is 7.18. The lowest BCUT2D eigenvalue weighted by molar-refractivity contribution is -0.148. The molecule has 0 saturated carbocycles. The molecule has 2 rings (SSSR count). The maximum Gasteiger partial charge on any atom is 0.329 e. The quantitative estimate of drug-likeness (QED) is 0.766. The summed E-state index contributed by atoms with van der Waals surface area (Å²) in [5.41, 5.74) is -0.473. The molecule has 7 nitrogen and oxygen atoms in total. The van der Waals surface area contributed by atoms with E-state index in [2.05, 4.69) is 15.6 Å². The van der Waals surface area contributed by atoms with E-state index in [9.17, 15) is 14.7 Å². The third-order valence-electron chi connectivity index (χ3n) is 3.21. The number of hydrogen-bond donors (Lipinski definition) is 3. The molecule has 1 aromatic heterocycles. The first kappa shape index (κ1) is 14.7. The largest absolute Gasteiger partial charge is 0.480 e. The predicted octanol–water partition coefficient (Wildman–Crippen LogP) is 0.885. The van der Waals surface area contributed by atoms with E-state index >= 15 is 0 Å². The number of aromatic nitrogens is 1. The maximum absolute atomic E-state index is 11.9. The number of carbonyl (C=O) groups is 2. The van der Waals surface area contributed by atoms with Gasteiger partial charge in [0.2, 0.25) is 0 Å². The summed E-state index contributed by atoms with van der Waals surface area (Å²) in [6, 6.07) is -0.500. The number of carboxylic acids is 1. The lowest BCUT2D eigenvalue weighted by Crippen LogP contribution is -2.59. The summed E-state index contributed by atoms with van der Waals surface area (Å²) in [6.45, 7) is 2.83. The first-order valence-electron chi connectivity index (χ1n) is 6.30. The van der Waals surface area contributed by atoms with E-state index in [0.29, 0.717) is 13.2 Å². The molecule has 8 heteroatoms. The topological polar surface area (TPSA) is 101 Å². The molecule has 1 saturated heterocycles. The Balaban J connectivity index is 1.90. The molecule has 0 aliphatic carbocycles. The number of ether oxygens (including phenoxy) is 1. The zero-order valence-corrected chi connectivity index (χ0v) is 12.0. The molecule has 1 aromatic rings. The van der Waals surface area contributed by atoms with E-state index in [4.69, 9.17) is 4.74 Å². The number of nitrogens with zero attached hydrogens (tertiary/aromatic N) is 1. The number of carbonyl (C=O) groups excluding carboxylic acids is 1. The van der Waals surface area contributed by atoms with Gasteiger partial charge in [-0.25, -0.2) is 14.6 Å². The molecule has 2 amide bonds. The van der Waals surface area contributed by atoms with Gasteiger partial charge in [-0.3, -0.25) is 0 Å². The number of thiazole rings is 1. The summed E-state index contributed by atoms with van der Waals surface area (Å²) in [4.78, 5) is 27.5. The number of hydrogen-bond acceptors (Lipinski definition) is 5. The summed E-state index contributed by atoms with van der Waals surface area (Å²) in [6.07, 6.45) is 0.539. The zero-order chi connectivity index (χ0) is 14.6. The minimum absolute atomic E-state index is 0.269. The molecule has 0 radical (unpaired) electrons. The van der Waals surface area contributed by atoms with Gasteiger partial charge in [-0.05, 0) is 6.92 Å². The van der Waals surface area contributed by atoms with E-state index < -0.39 is 17.5 Å². The Morgan fingerprint density at radius 2 is 2.20 bits per heavy atom. The summed E-state index contributed by atoms with van der Waals surface area (Å²) in [7, 11) is 0. The monoisotopic (exact) mass is 299 g/mol. The Morgan fingerprint density at radius 1 is 1.50 bits per heavy atom. The predicted molar refractivity (Wildman–Crippen MR) is 72.6 cm³/mol. The van der Waals surface area contributed by atoms with Gasteiger partial charge < -0.3 is 20.5 Å². The van der Waals surface area contributed by atoms with Crippen LogP contribution in [0, 0.1) is 6.92 Å². The van der Waals surface area contributed by atoms with Crippen molar-refractivity contribution in [3.8, 4) is 0 Å². The molecular formula is C12H17N3O4S. The smallest absolute Gasteiger partial charge is 0.329 e. The second kappa shape index (κ2) is 6.19. The summed E-state index contributed by atoms with van der Waals surface area (Å²) < 4.78 is 5.14. The molecule has 20 heavy (non-hydrogen) atoms. The third kappa shape index (κ3) is 3.45. The van der Waals surface area contributed by atoms with Crippen molar-refractivity contribution in [1.29, 1.82) is 0 Å². The third-order valence-corrected chi connectivity index (χ3v) is 4.03. The van der Waals surface area contributed by atoms with Crippen LogP contribution in [0.15, 0.2) is 5.38 Å². The van der Waals surface area contributed by atoms with E-state index in [1.807, 2.05) is 12.3 Å². The van der Waals surface area contributed by atoms with Crippen molar-refractivity contribution < 1.29 is 19.4 Å². The van der Waals surface area contributed by atoms with E-state index in [0.717, 1.165) is 10.7 Å². The van der Waals surface area contributed by atoms with Crippen molar-refractivity contribution in [3.05, 3.63) is 16.1 Å². The van der Waals surface area contributed by atoms with Crippen molar-refractivity contribution in [1.82, 2.24) is 15.6 Å². The van der Waals surface area contributed by atoms with Crippen molar-refractivity contribution in [2.45, 2.75) is 31.8 Å². The fraction of sp³-hybridized carbons (Fsp3) is 0.583. The van der Waals surface area contributed by atoms with Crippen molar-refractivity contribution >= 4 is 23.3 Å². The fourth-order valence-corrected chi connectivity index (χ4v) is 2.65. The van der Waals surface area contributed by atoms with Crippen LogP contribution in [-0.2, 0) is 16.1 Å². The minimum atomic E-state index is -1.24. The number of amides is 2. The highest BCUT2D eigenvalue weighted by Crippen LogP contribution is 2.21. The van der Waals surface area contributed by atoms with Gasteiger partial charge in [0.15, 0.2) is 0 Å². The number of carboxylic acid groups (broad SMARTS) is 1. The van der Waals surface area contributed by atoms with Crippen LogP contribution in [0.4, 0.5) is 4.79 Å². The highest BCUT2D eigenvalue weighted by Gasteiger charge is 2.41. The summed E-state index contributed by atoms with van der Waals surface area (Å²) in [5, 5.41) is 17.3. The van der Waals surface area contributed by atoms with Gasteiger partial charge in [0.05, 0.1) is 17.2 Å². The molecule has 110 valence electrons. The molecule has 1 aliphatic rings. The second-order valence-corrected chi connectivity index (χ2v) is 5.73. The van der Waals surface area contributed by atoms with Crippen LogP contribution in [0.2, 0.25) is 0 Å². The van der Waals surface area contributed by atoms with E-state index in [-0.39, 0.29) is 19.4 Å².